The number of fused-ring (bicyclic) bond motifs is 1. The number of oxazole rings is 1. The molecule has 2 aromatic rings. The van der Waals surface area contributed by atoms with Crippen LogP contribution in [0.25, 0.3) is 11.1 Å². The van der Waals surface area contributed by atoms with Gasteiger partial charge in [0.15, 0.2) is 5.58 Å². The minimum absolute atomic E-state index is 0.266. The highest BCUT2D eigenvalue weighted by molar-refractivity contribution is 5.74. The fourth-order valence-electron chi connectivity index (χ4n) is 3.70. The highest BCUT2D eigenvalue weighted by Gasteiger charge is 2.36. The second kappa shape index (κ2) is 5.89. The molecule has 0 saturated carbocycles. The molecule has 0 bridgehead atoms. The van der Waals surface area contributed by atoms with Crippen LogP contribution in [0, 0.1) is 0 Å². The van der Waals surface area contributed by atoms with Crippen LogP contribution >= 0.6 is 0 Å². The van der Waals surface area contributed by atoms with Crippen LogP contribution in [0.15, 0.2) is 28.7 Å². The molecule has 118 valence electrons. The van der Waals surface area contributed by atoms with Crippen molar-refractivity contribution < 1.29 is 9.15 Å². The van der Waals surface area contributed by atoms with E-state index < -0.39 is 0 Å². The van der Waals surface area contributed by atoms with Gasteiger partial charge in [0.2, 0.25) is 0 Å². The number of anilines is 1. The minimum atomic E-state index is 0.266. The monoisotopic (exact) mass is 301 g/mol. The van der Waals surface area contributed by atoms with E-state index in [0.717, 1.165) is 36.6 Å². The van der Waals surface area contributed by atoms with Gasteiger partial charge < -0.3 is 19.0 Å². The summed E-state index contributed by atoms with van der Waals surface area (Å²) in [4.78, 5) is 9.53. The number of aromatic nitrogens is 1. The molecular weight excluding hydrogens is 278 g/mol. The Morgan fingerprint density at radius 2 is 2.09 bits per heavy atom. The Morgan fingerprint density at radius 1 is 1.27 bits per heavy atom. The van der Waals surface area contributed by atoms with E-state index in [1.54, 1.807) is 7.11 Å². The van der Waals surface area contributed by atoms with E-state index in [-0.39, 0.29) is 6.10 Å². The fourth-order valence-corrected chi connectivity index (χ4v) is 3.70. The van der Waals surface area contributed by atoms with Crippen molar-refractivity contribution in [3.63, 3.8) is 0 Å². The largest absolute Gasteiger partial charge is 0.423 e. The lowest BCUT2D eigenvalue weighted by Crippen LogP contribution is -2.39. The Bertz CT molecular complexity index is 603. The molecule has 22 heavy (non-hydrogen) atoms. The fraction of sp³-hybridized carbons (Fsp3) is 0.588. The summed E-state index contributed by atoms with van der Waals surface area (Å²) in [6, 6.07) is 9.13. The third kappa shape index (κ3) is 2.59. The van der Waals surface area contributed by atoms with Gasteiger partial charge in [-0.3, -0.25) is 0 Å². The average Bonchev–Trinajstić information content (AvgIpc) is 3.26. The molecule has 2 atom stereocenters. The molecule has 0 aliphatic carbocycles. The molecule has 2 aliphatic rings. The lowest BCUT2D eigenvalue weighted by Gasteiger charge is -2.26. The molecule has 5 nitrogen and oxygen atoms in total. The third-order valence-electron chi connectivity index (χ3n) is 4.91. The van der Waals surface area contributed by atoms with Crippen molar-refractivity contribution >= 4 is 17.1 Å². The highest BCUT2D eigenvalue weighted by Crippen LogP contribution is 2.30. The molecular formula is C17H23N3O2. The Labute approximate surface area is 130 Å². The van der Waals surface area contributed by atoms with Crippen molar-refractivity contribution in [1.82, 2.24) is 9.88 Å². The maximum absolute atomic E-state index is 5.98. The van der Waals surface area contributed by atoms with E-state index in [4.69, 9.17) is 9.15 Å². The standard InChI is InChI=1S/C17H23N3O2/c1-21-14-10-13(11-19-8-4-5-9-19)20(12-14)17-18-15-6-2-3-7-16(15)22-17/h2-3,6-7,13-14H,4-5,8-12H2,1H3/t13-,14-/m0/s1. The number of hydrogen-bond acceptors (Lipinski definition) is 5. The van der Waals surface area contributed by atoms with Crippen LogP contribution in [-0.2, 0) is 4.74 Å². The number of nitrogens with zero attached hydrogens (tertiary/aromatic N) is 3. The number of likely N-dealkylation sites (tertiary alicyclic amines) is 1. The van der Waals surface area contributed by atoms with Gasteiger partial charge in [0.25, 0.3) is 6.01 Å². The summed E-state index contributed by atoms with van der Waals surface area (Å²) < 4.78 is 11.6. The highest BCUT2D eigenvalue weighted by atomic mass is 16.5. The second-order valence-corrected chi connectivity index (χ2v) is 6.37. The zero-order valence-corrected chi connectivity index (χ0v) is 13.1. The predicted molar refractivity (Wildman–Crippen MR) is 86.2 cm³/mol. The Kier molecular flexibility index (Phi) is 3.76. The van der Waals surface area contributed by atoms with Crippen LogP contribution < -0.4 is 4.90 Å². The first-order valence-electron chi connectivity index (χ1n) is 8.21. The van der Waals surface area contributed by atoms with Gasteiger partial charge in [-0.05, 0) is 44.5 Å². The number of para-hydroxylation sites is 2. The molecule has 2 aliphatic heterocycles. The first-order valence-corrected chi connectivity index (χ1v) is 8.21. The van der Waals surface area contributed by atoms with Gasteiger partial charge in [-0.25, -0.2) is 0 Å². The molecule has 0 radical (unpaired) electrons. The van der Waals surface area contributed by atoms with Gasteiger partial charge in [0.1, 0.15) is 5.52 Å². The smallest absolute Gasteiger partial charge is 0.298 e. The van der Waals surface area contributed by atoms with Gasteiger partial charge in [-0.1, -0.05) is 12.1 Å². The van der Waals surface area contributed by atoms with Crippen molar-refractivity contribution in [1.29, 1.82) is 0 Å². The predicted octanol–water partition coefficient (Wildman–Crippen LogP) is 2.52. The summed E-state index contributed by atoms with van der Waals surface area (Å²) in [7, 11) is 1.80. The van der Waals surface area contributed by atoms with E-state index in [2.05, 4.69) is 14.8 Å². The van der Waals surface area contributed by atoms with Gasteiger partial charge in [0.05, 0.1) is 6.10 Å². The van der Waals surface area contributed by atoms with E-state index >= 15 is 0 Å². The first-order chi connectivity index (χ1) is 10.8. The third-order valence-corrected chi connectivity index (χ3v) is 4.91. The molecule has 4 rings (SSSR count). The van der Waals surface area contributed by atoms with Crippen LogP contribution in [0.1, 0.15) is 19.3 Å². The maximum atomic E-state index is 5.98. The van der Waals surface area contributed by atoms with Crippen LogP contribution in [0.4, 0.5) is 6.01 Å². The van der Waals surface area contributed by atoms with E-state index in [9.17, 15) is 0 Å². The summed E-state index contributed by atoms with van der Waals surface area (Å²) in [6.07, 6.45) is 3.96. The van der Waals surface area contributed by atoms with Crippen LogP contribution in [0.2, 0.25) is 0 Å². The quantitative estimate of drug-likeness (QED) is 0.868. The van der Waals surface area contributed by atoms with Crippen molar-refractivity contribution in [3.05, 3.63) is 24.3 Å². The molecule has 0 N–H and O–H groups in total. The van der Waals surface area contributed by atoms with Gasteiger partial charge >= 0.3 is 0 Å². The van der Waals surface area contributed by atoms with Crippen molar-refractivity contribution in [3.8, 4) is 0 Å². The SMILES string of the molecule is CO[C@H]1C[C@@H](CN2CCCC2)N(c2nc3ccccc3o2)C1. The van der Waals surface area contributed by atoms with Crippen LogP contribution in [0.5, 0.6) is 0 Å². The molecule has 1 aromatic heterocycles. The topological polar surface area (TPSA) is 41.7 Å². The van der Waals surface area contributed by atoms with Gasteiger partial charge in [0, 0.05) is 26.2 Å². The van der Waals surface area contributed by atoms with Crippen molar-refractivity contribution in [2.75, 3.05) is 38.2 Å². The molecule has 2 saturated heterocycles. The summed E-state index contributed by atoms with van der Waals surface area (Å²) in [5, 5.41) is 0. The number of hydrogen-bond donors (Lipinski definition) is 0. The normalized spacial score (nSPS) is 26.3. The summed E-state index contributed by atoms with van der Waals surface area (Å²) in [5.41, 5.74) is 1.79. The van der Waals surface area contributed by atoms with Crippen LogP contribution in [-0.4, -0.2) is 55.3 Å². The van der Waals surface area contributed by atoms with Gasteiger partial charge in [-0.15, -0.1) is 0 Å². The molecule has 0 spiro atoms. The van der Waals surface area contributed by atoms with Crippen molar-refractivity contribution in [2.24, 2.45) is 0 Å². The lowest BCUT2D eigenvalue weighted by molar-refractivity contribution is 0.116. The summed E-state index contributed by atoms with van der Waals surface area (Å²) >= 11 is 0. The molecule has 0 amide bonds. The molecule has 5 heteroatoms. The molecule has 3 heterocycles. The zero-order chi connectivity index (χ0) is 14.9. The number of rotatable bonds is 4. The van der Waals surface area contributed by atoms with E-state index in [1.807, 2.05) is 24.3 Å². The number of methoxy groups -OCH3 is 1. The molecule has 1 aromatic carbocycles. The first kappa shape index (κ1) is 14.0. The second-order valence-electron chi connectivity index (χ2n) is 6.37. The zero-order valence-electron chi connectivity index (χ0n) is 13.1. The van der Waals surface area contributed by atoms with Gasteiger partial charge in [-0.2, -0.15) is 4.98 Å². The average molecular weight is 301 g/mol. The minimum Gasteiger partial charge on any atom is -0.423 e. The summed E-state index contributed by atoms with van der Waals surface area (Å²) in [5.74, 6) is 0. The van der Waals surface area contributed by atoms with Crippen molar-refractivity contribution in [2.45, 2.75) is 31.4 Å². The van der Waals surface area contributed by atoms with E-state index in [0.29, 0.717) is 6.04 Å². The number of benzene rings is 1. The molecule has 0 unspecified atom stereocenters. The maximum Gasteiger partial charge on any atom is 0.298 e. The molecule has 2 fully saturated rings. The Hall–Kier alpha value is -1.59. The van der Waals surface area contributed by atoms with E-state index in [1.165, 1.54) is 25.9 Å². The Morgan fingerprint density at radius 3 is 2.86 bits per heavy atom. The lowest BCUT2D eigenvalue weighted by atomic mass is 10.2. The summed E-state index contributed by atoms with van der Waals surface area (Å²) in [6.45, 7) is 4.38. The Balaban J connectivity index is 1.58. The van der Waals surface area contributed by atoms with Crippen LogP contribution in [0.3, 0.4) is 0 Å². The number of ether oxygens (including phenoxy) is 1.